The fraction of sp³-hybridized carbons (Fsp3) is 0.364. The van der Waals surface area contributed by atoms with Gasteiger partial charge in [0.25, 0.3) is 0 Å². The first-order valence-electron chi connectivity index (χ1n) is 5.53. The summed E-state index contributed by atoms with van der Waals surface area (Å²) in [5, 5.41) is 3.01. The number of nitrogens with one attached hydrogen (secondary N) is 1. The van der Waals surface area contributed by atoms with E-state index in [1.54, 1.807) is 25.4 Å². The van der Waals surface area contributed by atoms with E-state index in [1.807, 2.05) is 6.92 Å². The number of anilines is 1. The maximum atomic E-state index is 11.7. The van der Waals surface area contributed by atoms with Crippen LogP contribution >= 0.6 is 11.8 Å². The topological polar surface area (TPSA) is 80.7 Å². The fourth-order valence-corrected chi connectivity index (χ4v) is 1.88. The van der Waals surface area contributed by atoms with Gasteiger partial charge >= 0.3 is 115 Å². The van der Waals surface area contributed by atoms with Gasteiger partial charge in [0, 0.05) is 0 Å². The number of nitrogens with zero attached hydrogens (tertiary/aromatic N) is 2. The number of esters is 1. The molecule has 0 saturated heterocycles. The number of rotatable bonds is 6. The van der Waals surface area contributed by atoms with Crippen LogP contribution in [-0.4, -0.2) is 37.3 Å². The van der Waals surface area contributed by atoms with Gasteiger partial charge in [0.15, 0.2) is 0 Å². The van der Waals surface area contributed by atoms with E-state index >= 15 is 0 Å². The zero-order valence-corrected chi connectivity index (χ0v) is 11.8. The van der Waals surface area contributed by atoms with Crippen molar-refractivity contribution in [2.45, 2.75) is 13.3 Å². The SMILES string of the molecule is CNc1cnc(C(=O)OC)c(CC=BSN=O)c1C. The number of ether oxygens (including phenoxy) is 1. The van der Waals surface area contributed by atoms with E-state index in [0.717, 1.165) is 28.6 Å². The summed E-state index contributed by atoms with van der Waals surface area (Å²) in [6, 6.07) is 0. The first-order valence-corrected chi connectivity index (χ1v) is 6.37. The van der Waals surface area contributed by atoms with Gasteiger partial charge in [-0.25, -0.2) is 0 Å². The predicted molar refractivity (Wildman–Crippen MR) is 78.8 cm³/mol. The van der Waals surface area contributed by atoms with Gasteiger partial charge in [-0.2, -0.15) is 0 Å². The molecule has 1 heterocycles. The molecule has 0 spiro atoms. The van der Waals surface area contributed by atoms with Gasteiger partial charge in [-0.3, -0.25) is 0 Å². The Labute approximate surface area is 116 Å². The van der Waals surface area contributed by atoms with Crippen molar-refractivity contribution >= 4 is 35.6 Å². The zero-order chi connectivity index (χ0) is 14.3. The third kappa shape index (κ3) is 3.89. The monoisotopic (exact) mass is 279 g/mol. The van der Waals surface area contributed by atoms with E-state index in [4.69, 9.17) is 4.74 Å². The van der Waals surface area contributed by atoms with Crippen molar-refractivity contribution in [2.24, 2.45) is 4.58 Å². The molecule has 100 valence electrons. The molecule has 0 aliphatic rings. The van der Waals surface area contributed by atoms with Gasteiger partial charge in [0.1, 0.15) is 0 Å². The van der Waals surface area contributed by atoms with Crippen LogP contribution in [0.3, 0.4) is 0 Å². The molecule has 1 aromatic heterocycles. The van der Waals surface area contributed by atoms with E-state index in [-0.39, 0.29) is 5.69 Å². The van der Waals surface area contributed by atoms with Crippen molar-refractivity contribution in [2.75, 3.05) is 19.5 Å². The van der Waals surface area contributed by atoms with E-state index in [1.165, 1.54) is 7.11 Å². The molecule has 8 heteroatoms. The first kappa shape index (κ1) is 15.4. The van der Waals surface area contributed by atoms with Crippen LogP contribution in [0.4, 0.5) is 5.69 Å². The normalized spacial score (nSPS) is 10.1. The molecule has 19 heavy (non-hydrogen) atoms. The van der Waals surface area contributed by atoms with E-state index in [9.17, 15) is 9.70 Å². The molecule has 0 bridgehead atoms. The number of nitroso groups, excluding NO2 is 1. The number of pyridine rings is 1. The summed E-state index contributed by atoms with van der Waals surface area (Å²) in [7, 11) is 3.10. The summed E-state index contributed by atoms with van der Waals surface area (Å²) in [5.74, 6) is 1.28. The molecule has 0 aliphatic carbocycles. The molecule has 0 amide bonds. The number of hydrogen-bond donors (Lipinski definition) is 1. The minimum absolute atomic E-state index is 0.285. The summed E-state index contributed by atoms with van der Waals surface area (Å²) in [6.45, 7) is 1.90. The fourth-order valence-electron chi connectivity index (χ4n) is 1.65. The third-order valence-electron chi connectivity index (χ3n) is 2.64. The number of carbonyl (C=O) groups excluding carboxylic acids is 1. The Bertz CT molecular complexity index is 508. The Morgan fingerprint density at radius 3 is 3.00 bits per heavy atom. The van der Waals surface area contributed by atoms with Crippen LogP contribution in [0.15, 0.2) is 10.8 Å². The summed E-state index contributed by atoms with van der Waals surface area (Å²) < 4.78 is 7.37. The second-order valence-electron chi connectivity index (χ2n) is 3.62. The van der Waals surface area contributed by atoms with E-state index < -0.39 is 5.97 Å². The number of carbonyl (C=O) groups is 1. The van der Waals surface area contributed by atoms with E-state index in [2.05, 4.69) is 14.9 Å². The molecular weight excluding hydrogens is 265 g/mol. The van der Waals surface area contributed by atoms with Crippen LogP contribution in [0.1, 0.15) is 21.6 Å². The summed E-state index contributed by atoms with van der Waals surface area (Å²) in [5.41, 5.74) is 2.82. The molecule has 1 aromatic rings. The average molecular weight is 279 g/mol. The van der Waals surface area contributed by atoms with Crippen molar-refractivity contribution < 1.29 is 9.53 Å². The molecule has 0 radical (unpaired) electrons. The average Bonchev–Trinajstić information content (AvgIpc) is 2.43. The van der Waals surface area contributed by atoms with Gasteiger partial charge in [0.05, 0.1) is 0 Å². The van der Waals surface area contributed by atoms with Crippen LogP contribution < -0.4 is 5.32 Å². The van der Waals surface area contributed by atoms with Crippen molar-refractivity contribution in [3.05, 3.63) is 27.9 Å². The predicted octanol–water partition coefficient (Wildman–Crippen LogP) is 1.60. The van der Waals surface area contributed by atoms with Crippen molar-refractivity contribution in [3.8, 4) is 0 Å². The summed E-state index contributed by atoms with van der Waals surface area (Å²) in [6.07, 6.45) is 3.64. The third-order valence-corrected chi connectivity index (χ3v) is 3.04. The minimum atomic E-state index is -0.477. The second-order valence-corrected chi connectivity index (χ2v) is 4.25. The van der Waals surface area contributed by atoms with Crippen LogP contribution in [0.5, 0.6) is 0 Å². The Balaban J connectivity index is 3.14. The van der Waals surface area contributed by atoms with Crippen molar-refractivity contribution in [3.63, 3.8) is 0 Å². The van der Waals surface area contributed by atoms with Crippen molar-refractivity contribution in [1.29, 1.82) is 0 Å². The molecule has 6 nitrogen and oxygen atoms in total. The molecule has 0 saturated carbocycles. The molecule has 1 rings (SSSR count). The molecule has 0 atom stereocenters. The summed E-state index contributed by atoms with van der Waals surface area (Å²) in [4.78, 5) is 25.8. The van der Waals surface area contributed by atoms with Crippen LogP contribution in [0.25, 0.3) is 0 Å². The van der Waals surface area contributed by atoms with Crippen LogP contribution in [-0.2, 0) is 11.2 Å². The van der Waals surface area contributed by atoms with Gasteiger partial charge in [-0.05, 0) is 0 Å². The maximum absolute atomic E-state index is 11.7. The van der Waals surface area contributed by atoms with Gasteiger partial charge in [-0.15, -0.1) is 0 Å². The Hall–Kier alpha value is -1.70. The number of hydrogen-bond acceptors (Lipinski definition) is 7. The summed E-state index contributed by atoms with van der Waals surface area (Å²) >= 11 is 0.800. The molecule has 0 unspecified atom stereocenters. The Morgan fingerprint density at radius 1 is 1.68 bits per heavy atom. The number of aromatic nitrogens is 1. The van der Waals surface area contributed by atoms with E-state index in [0.29, 0.717) is 6.42 Å². The molecule has 1 N–H and O–H groups in total. The Kier molecular flexibility index (Phi) is 6.21. The quantitative estimate of drug-likeness (QED) is 0.368. The molecule has 0 aliphatic heterocycles. The standard InChI is InChI=1S/C11H14BN3O3S/c1-7-8(4-5-12-19-15-17)10(11(16)18-3)14-6-9(7)13-2/h5-6,13H,4H2,1-3H3. The van der Waals surface area contributed by atoms with Crippen LogP contribution in [0.2, 0.25) is 0 Å². The Morgan fingerprint density at radius 2 is 2.42 bits per heavy atom. The molecule has 0 aromatic carbocycles. The van der Waals surface area contributed by atoms with Gasteiger partial charge in [-0.1, -0.05) is 0 Å². The zero-order valence-electron chi connectivity index (χ0n) is 11.0. The first-order chi connectivity index (χ1) is 9.15. The van der Waals surface area contributed by atoms with Gasteiger partial charge < -0.3 is 0 Å². The van der Waals surface area contributed by atoms with Gasteiger partial charge in [0.2, 0.25) is 0 Å². The number of methoxy groups -OCH3 is 1. The second kappa shape index (κ2) is 7.68. The molecule has 0 fully saturated rings. The molecular formula is C11H14BN3O3S. The van der Waals surface area contributed by atoms with Crippen molar-refractivity contribution in [1.82, 2.24) is 4.98 Å². The van der Waals surface area contributed by atoms with Crippen LogP contribution in [0, 0.1) is 11.8 Å².